The molecule has 0 saturated heterocycles. The second-order valence-corrected chi connectivity index (χ2v) is 4.59. The topological polar surface area (TPSA) is 32.3 Å². The minimum atomic E-state index is -0.664. The molecule has 2 N–H and O–H groups in total. The lowest BCUT2D eigenvalue weighted by atomic mass is 9.88. The highest BCUT2D eigenvalue weighted by atomic mass is 16.3. The predicted molar refractivity (Wildman–Crippen MR) is 61.7 cm³/mol. The molecule has 2 nitrogen and oxygen atoms in total. The molecule has 1 unspecified atom stereocenters. The van der Waals surface area contributed by atoms with E-state index >= 15 is 0 Å². The molecule has 2 rings (SSSR count). The van der Waals surface area contributed by atoms with Gasteiger partial charge >= 0.3 is 0 Å². The van der Waals surface area contributed by atoms with E-state index in [0.29, 0.717) is 12.5 Å². The molecule has 1 aliphatic carbocycles. The van der Waals surface area contributed by atoms with Crippen LogP contribution < -0.4 is 5.32 Å². The molecule has 0 aliphatic heterocycles. The van der Waals surface area contributed by atoms with Crippen molar-refractivity contribution in [1.82, 2.24) is 5.32 Å². The van der Waals surface area contributed by atoms with Crippen molar-refractivity contribution in [3.05, 3.63) is 35.4 Å². The van der Waals surface area contributed by atoms with Crippen LogP contribution in [0.1, 0.15) is 24.0 Å². The Bertz CT molecular complexity index is 329. The molecule has 82 valence electrons. The van der Waals surface area contributed by atoms with Gasteiger partial charge in [-0.15, -0.1) is 0 Å². The zero-order chi connectivity index (χ0) is 10.9. The summed E-state index contributed by atoms with van der Waals surface area (Å²) in [6.07, 6.45) is 2.29. The van der Waals surface area contributed by atoms with Gasteiger partial charge in [0.05, 0.1) is 0 Å². The maximum atomic E-state index is 10.7. The van der Waals surface area contributed by atoms with E-state index in [1.54, 1.807) is 0 Å². The lowest BCUT2D eigenvalue weighted by Crippen LogP contribution is -2.38. The molecule has 0 amide bonds. The van der Waals surface area contributed by atoms with Crippen LogP contribution in [0.2, 0.25) is 0 Å². The molecule has 1 atom stereocenters. The van der Waals surface area contributed by atoms with Gasteiger partial charge in [-0.25, -0.2) is 0 Å². The monoisotopic (exact) mass is 205 g/mol. The average molecular weight is 205 g/mol. The standard InChI is InChI=1S/C13H19NO/c1-10-3-5-11(6-4-10)13(15,9-14-2)12-7-8-12/h3-6,12,14-15H,7-9H2,1-2H3. The summed E-state index contributed by atoms with van der Waals surface area (Å²) in [5.41, 5.74) is 1.62. The number of rotatable bonds is 4. The smallest absolute Gasteiger partial charge is 0.105 e. The van der Waals surface area contributed by atoms with Crippen molar-refractivity contribution in [2.24, 2.45) is 5.92 Å². The van der Waals surface area contributed by atoms with Crippen LogP contribution in [-0.4, -0.2) is 18.7 Å². The fraction of sp³-hybridized carbons (Fsp3) is 0.538. The fourth-order valence-corrected chi connectivity index (χ4v) is 2.15. The lowest BCUT2D eigenvalue weighted by molar-refractivity contribution is 0.0153. The number of benzene rings is 1. The number of nitrogens with one attached hydrogen (secondary N) is 1. The minimum Gasteiger partial charge on any atom is -0.384 e. The van der Waals surface area contributed by atoms with Crippen molar-refractivity contribution in [2.45, 2.75) is 25.4 Å². The van der Waals surface area contributed by atoms with E-state index in [9.17, 15) is 5.11 Å². The van der Waals surface area contributed by atoms with Crippen molar-refractivity contribution in [3.8, 4) is 0 Å². The lowest BCUT2D eigenvalue weighted by Gasteiger charge is -2.28. The van der Waals surface area contributed by atoms with E-state index < -0.39 is 5.60 Å². The molecule has 1 aliphatic rings. The summed E-state index contributed by atoms with van der Waals surface area (Å²) >= 11 is 0. The Hall–Kier alpha value is -0.860. The van der Waals surface area contributed by atoms with E-state index in [-0.39, 0.29) is 0 Å². The number of hydrogen-bond donors (Lipinski definition) is 2. The summed E-state index contributed by atoms with van der Waals surface area (Å²) in [5.74, 6) is 0.438. The van der Waals surface area contributed by atoms with Crippen LogP contribution in [0.5, 0.6) is 0 Å². The van der Waals surface area contributed by atoms with Gasteiger partial charge in [-0.2, -0.15) is 0 Å². The molecule has 1 fully saturated rings. The van der Waals surface area contributed by atoms with Crippen LogP contribution in [0.3, 0.4) is 0 Å². The molecule has 0 aromatic heterocycles. The van der Waals surface area contributed by atoms with E-state index in [1.807, 2.05) is 19.2 Å². The second-order valence-electron chi connectivity index (χ2n) is 4.59. The van der Waals surface area contributed by atoms with Crippen LogP contribution >= 0.6 is 0 Å². The van der Waals surface area contributed by atoms with Crippen molar-refractivity contribution in [1.29, 1.82) is 0 Å². The van der Waals surface area contributed by atoms with E-state index in [2.05, 4.69) is 24.4 Å². The Morgan fingerprint density at radius 2 is 1.93 bits per heavy atom. The normalized spacial score (nSPS) is 19.9. The van der Waals surface area contributed by atoms with Crippen LogP contribution in [0.4, 0.5) is 0 Å². The molecule has 0 bridgehead atoms. The molecule has 1 aromatic carbocycles. The van der Waals surface area contributed by atoms with Gasteiger partial charge in [0, 0.05) is 6.54 Å². The molecule has 2 heteroatoms. The molecule has 1 saturated carbocycles. The van der Waals surface area contributed by atoms with Gasteiger partial charge in [-0.3, -0.25) is 0 Å². The van der Waals surface area contributed by atoms with E-state index in [0.717, 1.165) is 18.4 Å². The summed E-state index contributed by atoms with van der Waals surface area (Å²) in [5, 5.41) is 13.7. The summed E-state index contributed by atoms with van der Waals surface area (Å²) in [4.78, 5) is 0. The maximum absolute atomic E-state index is 10.7. The van der Waals surface area contributed by atoms with Gasteiger partial charge in [0.25, 0.3) is 0 Å². The second kappa shape index (κ2) is 3.95. The first-order valence-electron chi connectivity index (χ1n) is 5.61. The molecule has 0 spiro atoms. The van der Waals surface area contributed by atoms with Crippen LogP contribution in [-0.2, 0) is 5.60 Å². The summed E-state index contributed by atoms with van der Waals surface area (Å²) in [7, 11) is 1.89. The summed E-state index contributed by atoms with van der Waals surface area (Å²) < 4.78 is 0. The van der Waals surface area contributed by atoms with E-state index in [4.69, 9.17) is 0 Å². The van der Waals surface area contributed by atoms with Crippen molar-refractivity contribution in [2.75, 3.05) is 13.6 Å². The summed E-state index contributed by atoms with van der Waals surface area (Å²) in [6.45, 7) is 2.71. The van der Waals surface area contributed by atoms with Gasteiger partial charge < -0.3 is 10.4 Å². The quantitative estimate of drug-likeness (QED) is 0.785. The minimum absolute atomic E-state index is 0.438. The first-order chi connectivity index (χ1) is 7.16. The number of hydrogen-bond acceptors (Lipinski definition) is 2. The first-order valence-corrected chi connectivity index (χ1v) is 5.61. The largest absolute Gasteiger partial charge is 0.384 e. The first kappa shape index (κ1) is 10.7. The highest BCUT2D eigenvalue weighted by Crippen LogP contribution is 2.45. The predicted octanol–water partition coefficient (Wildman–Crippen LogP) is 1.81. The van der Waals surface area contributed by atoms with Gasteiger partial charge in [0.15, 0.2) is 0 Å². The molecular formula is C13H19NO. The summed E-state index contributed by atoms with van der Waals surface area (Å²) in [6, 6.07) is 8.23. The third-order valence-corrected chi connectivity index (χ3v) is 3.25. The molecule has 0 radical (unpaired) electrons. The van der Waals surface area contributed by atoms with E-state index in [1.165, 1.54) is 5.56 Å². The maximum Gasteiger partial charge on any atom is 0.105 e. The highest BCUT2D eigenvalue weighted by Gasteiger charge is 2.44. The zero-order valence-corrected chi connectivity index (χ0v) is 9.46. The average Bonchev–Trinajstić information content (AvgIpc) is 3.02. The van der Waals surface area contributed by atoms with Gasteiger partial charge in [0.1, 0.15) is 5.60 Å². The molecule has 1 aromatic rings. The Balaban J connectivity index is 2.27. The third kappa shape index (κ3) is 2.06. The van der Waals surface area contributed by atoms with Crippen molar-refractivity contribution in [3.63, 3.8) is 0 Å². The molecular weight excluding hydrogens is 186 g/mol. The SMILES string of the molecule is CNCC(O)(c1ccc(C)cc1)C1CC1. The fourth-order valence-electron chi connectivity index (χ4n) is 2.15. The third-order valence-electron chi connectivity index (χ3n) is 3.25. The Morgan fingerprint density at radius 3 is 2.40 bits per heavy atom. The molecule has 0 heterocycles. The number of aryl methyl sites for hydroxylation is 1. The Kier molecular flexibility index (Phi) is 2.81. The Morgan fingerprint density at radius 1 is 1.33 bits per heavy atom. The van der Waals surface area contributed by atoms with Crippen molar-refractivity contribution < 1.29 is 5.11 Å². The number of aliphatic hydroxyl groups is 1. The number of likely N-dealkylation sites (N-methyl/N-ethyl adjacent to an activating group) is 1. The van der Waals surface area contributed by atoms with Crippen LogP contribution in [0.25, 0.3) is 0 Å². The highest BCUT2D eigenvalue weighted by molar-refractivity contribution is 5.28. The van der Waals surface area contributed by atoms with Crippen molar-refractivity contribution >= 4 is 0 Å². The molecule has 15 heavy (non-hydrogen) atoms. The van der Waals surface area contributed by atoms with Crippen LogP contribution in [0.15, 0.2) is 24.3 Å². The van der Waals surface area contributed by atoms with Gasteiger partial charge in [-0.05, 0) is 38.3 Å². The van der Waals surface area contributed by atoms with Crippen LogP contribution in [0, 0.1) is 12.8 Å². The van der Waals surface area contributed by atoms with Gasteiger partial charge in [-0.1, -0.05) is 29.8 Å². The zero-order valence-electron chi connectivity index (χ0n) is 9.46. The Labute approximate surface area is 91.3 Å². The van der Waals surface area contributed by atoms with Gasteiger partial charge in [0.2, 0.25) is 0 Å².